The van der Waals surface area contributed by atoms with Crippen LogP contribution in [0.5, 0.6) is 0 Å². The predicted molar refractivity (Wildman–Crippen MR) is 74.1 cm³/mol. The van der Waals surface area contributed by atoms with Crippen LogP contribution in [0.25, 0.3) is 0 Å². The lowest BCUT2D eigenvalue weighted by Gasteiger charge is -2.37. The maximum atomic E-state index is 13.1. The smallest absolute Gasteiger partial charge is 0.317 e. The monoisotopic (exact) mass is 285 g/mol. The number of hydrogen-bond acceptors (Lipinski definition) is 2. The Kier molecular flexibility index (Phi) is 4.27. The van der Waals surface area contributed by atoms with E-state index in [1.54, 1.807) is 6.07 Å². The normalized spacial score (nSPS) is 19.4. The summed E-state index contributed by atoms with van der Waals surface area (Å²) in [5.74, 6) is -0.315. The van der Waals surface area contributed by atoms with Crippen LogP contribution in [0.1, 0.15) is 18.4 Å². The van der Waals surface area contributed by atoms with Gasteiger partial charge in [0, 0.05) is 12.6 Å². The molecule has 19 heavy (non-hydrogen) atoms. The number of nitrogens with zero attached hydrogens (tertiary/aromatic N) is 1. The molecule has 1 aromatic carbocycles. The summed E-state index contributed by atoms with van der Waals surface area (Å²) in [5.41, 5.74) is 1.58. The molecule has 0 spiro atoms. The largest absolute Gasteiger partial charge is 0.322 e. The van der Waals surface area contributed by atoms with Crippen LogP contribution in [0.4, 0.5) is 14.9 Å². The molecule has 2 aliphatic rings. The summed E-state index contributed by atoms with van der Waals surface area (Å²) in [5, 5.41) is 6.06. The molecule has 1 aromatic rings. The number of piperidine rings is 1. The summed E-state index contributed by atoms with van der Waals surface area (Å²) < 4.78 is 13.1. The van der Waals surface area contributed by atoms with Gasteiger partial charge >= 0.3 is 6.03 Å². The molecule has 0 aliphatic carbocycles. The molecule has 0 bridgehead atoms. The number of benzene rings is 1. The number of halogens is 2. The maximum Gasteiger partial charge on any atom is 0.322 e. The van der Waals surface area contributed by atoms with Gasteiger partial charge < -0.3 is 15.5 Å². The molecule has 2 amide bonds. The van der Waals surface area contributed by atoms with E-state index >= 15 is 0 Å². The van der Waals surface area contributed by atoms with Crippen LogP contribution in [0, 0.1) is 5.82 Å². The highest BCUT2D eigenvalue weighted by atomic mass is 35.5. The van der Waals surface area contributed by atoms with Gasteiger partial charge in [0.25, 0.3) is 0 Å². The maximum absolute atomic E-state index is 13.1. The van der Waals surface area contributed by atoms with Crippen LogP contribution >= 0.6 is 12.4 Å². The van der Waals surface area contributed by atoms with Crippen molar-refractivity contribution in [2.45, 2.75) is 25.4 Å². The Labute approximate surface area is 117 Å². The van der Waals surface area contributed by atoms with Crippen molar-refractivity contribution in [3.63, 3.8) is 0 Å². The van der Waals surface area contributed by atoms with Crippen molar-refractivity contribution in [3.8, 4) is 0 Å². The lowest BCUT2D eigenvalue weighted by Crippen LogP contribution is -2.49. The van der Waals surface area contributed by atoms with Crippen LogP contribution < -0.4 is 10.6 Å². The molecular formula is C13H17ClFN3O. The minimum Gasteiger partial charge on any atom is -0.317 e. The summed E-state index contributed by atoms with van der Waals surface area (Å²) in [6.45, 7) is 2.47. The Balaban J connectivity index is 0.00000133. The number of nitrogens with one attached hydrogen (secondary N) is 2. The summed E-state index contributed by atoms with van der Waals surface area (Å²) in [6, 6.07) is 4.74. The predicted octanol–water partition coefficient (Wildman–Crippen LogP) is 2.35. The molecule has 0 unspecified atom stereocenters. The zero-order chi connectivity index (χ0) is 12.5. The second-order valence-corrected chi connectivity index (χ2v) is 4.84. The second-order valence-electron chi connectivity index (χ2n) is 4.84. The van der Waals surface area contributed by atoms with Crippen molar-refractivity contribution in [3.05, 3.63) is 29.6 Å². The lowest BCUT2D eigenvalue weighted by molar-refractivity contribution is 0.163. The number of carbonyl (C=O) groups is 1. The van der Waals surface area contributed by atoms with Crippen molar-refractivity contribution in [2.75, 3.05) is 18.4 Å². The van der Waals surface area contributed by atoms with E-state index in [9.17, 15) is 9.18 Å². The van der Waals surface area contributed by atoms with Crippen LogP contribution in [-0.4, -0.2) is 30.1 Å². The Morgan fingerprint density at radius 3 is 2.74 bits per heavy atom. The first-order valence-corrected chi connectivity index (χ1v) is 6.31. The standard InChI is InChI=1S/C13H16FN3O.ClH/c14-10-2-1-9-8-17(11-3-5-15-6-4-11)13(18)16-12(9)7-10;/h1-2,7,11,15H,3-6,8H2,(H,16,18);1H. The van der Waals surface area contributed by atoms with Gasteiger partial charge in [-0.2, -0.15) is 0 Å². The van der Waals surface area contributed by atoms with E-state index in [-0.39, 0.29) is 30.3 Å². The van der Waals surface area contributed by atoms with Gasteiger partial charge in [-0.1, -0.05) is 6.07 Å². The molecule has 2 aliphatic heterocycles. The molecule has 3 rings (SSSR count). The third-order valence-electron chi connectivity index (χ3n) is 3.66. The summed E-state index contributed by atoms with van der Waals surface area (Å²) in [7, 11) is 0. The van der Waals surface area contributed by atoms with Crippen molar-refractivity contribution in [1.29, 1.82) is 0 Å². The summed E-state index contributed by atoms with van der Waals surface area (Å²) in [4.78, 5) is 13.9. The SMILES string of the molecule is Cl.O=C1Nc2cc(F)ccc2CN1C1CCNCC1. The molecule has 0 atom stereocenters. The Hall–Kier alpha value is -1.33. The van der Waals surface area contributed by atoms with Crippen molar-refractivity contribution in [1.82, 2.24) is 10.2 Å². The van der Waals surface area contributed by atoms with E-state index in [2.05, 4.69) is 10.6 Å². The third kappa shape index (κ3) is 2.82. The molecule has 4 nitrogen and oxygen atoms in total. The van der Waals surface area contributed by atoms with E-state index in [4.69, 9.17) is 0 Å². The van der Waals surface area contributed by atoms with Gasteiger partial charge in [0.2, 0.25) is 0 Å². The lowest BCUT2D eigenvalue weighted by atomic mass is 10.0. The quantitative estimate of drug-likeness (QED) is 0.832. The Morgan fingerprint density at radius 2 is 2.00 bits per heavy atom. The van der Waals surface area contributed by atoms with Gasteiger partial charge in [0.15, 0.2) is 0 Å². The second kappa shape index (κ2) is 5.75. The molecule has 104 valence electrons. The van der Waals surface area contributed by atoms with Gasteiger partial charge in [-0.25, -0.2) is 9.18 Å². The Bertz CT molecular complexity index is 477. The summed E-state index contributed by atoms with van der Waals surface area (Å²) in [6.07, 6.45) is 1.95. The minimum atomic E-state index is -0.315. The average Bonchev–Trinajstić information content (AvgIpc) is 2.39. The van der Waals surface area contributed by atoms with Crippen molar-refractivity contribution < 1.29 is 9.18 Å². The van der Waals surface area contributed by atoms with Crippen LogP contribution in [0.2, 0.25) is 0 Å². The van der Waals surface area contributed by atoms with Crippen LogP contribution in [0.3, 0.4) is 0 Å². The first-order valence-electron chi connectivity index (χ1n) is 6.31. The molecule has 2 heterocycles. The zero-order valence-electron chi connectivity index (χ0n) is 10.5. The Morgan fingerprint density at radius 1 is 1.26 bits per heavy atom. The fourth-order valence-corrected chi connectivity index (χ4v) is 2.66. The number of carbonyl (C=O) groups excluding carboxylic acids is 1. The van der Waals surface area contributed by atoms with E-state index in [1.807, 2.05) is 4.90 Å². The number of anilines is 1. The highest BCUT2D eigenvalue weighted by Crippen LogP contribution is 2.27. The van der Waals surface area contributed by atoms with Gasteiger partial charge in [0.1, 0.15) is 5.82 Å². The van der Waals surface area contributed by atoms with E-state index < -0.39 is 0 Å². The van der Waals surface area contributed by atoms with Gasteiger partial charge in [-0.05, 0) is 43.6 Å². The third-order valence-corrected chi connectivity index (χ3v) is 3.66. The first-order chi connectivity index (χ1) is 8.74. The van der Waals surface area contributed by atoms with Crippen molar-refractivity contribution in [2.24, 2.45) is 0 Å². The van der Waals surface area contributed by atoms with Crippen LogP contribution in [0.15, 0.2) is 18.2 Å². The molecule has 1 fully saturated rings. The minimum absolute atomic E-state index is 0. The molecule has 0 aromatic heterocycles. The van der Waals surface area contributed by atoms with Crippen molar-refractivity contribution >= 4 is 24.1 Å². The van der Waals surface area contributed by atoms with Gasteiger partial charge in [0.05, 0.1) is 5.69 Å². The highest BCUT2D eigenvalue weighted by Gasteiger charge is 2.29. The highest BCUT2D eigenvalue weighted by molar-refractivity contribution is 5.92. The number of hydrogen-bond donors (Lipinski definition) is 2. The molecule has 0 saturated carbocycles. The molecule has 6 heteroatoms. The number of amides is 2. The van der Waals surface area contributed by atoms with Crippen LogP contribution in [-0.2, 0) is 6.54 Å². The summed E-state index contributed by atoms with van der Waals surface area (Å²) >= 11 is 0. The topological polar surface area (TPSA) is 44.4 Å². The fraction of sp³-hybridized carbons (Fsp3) is 0.462. The molecular weight excluding hydrogens is 269 g/mol. The molecule has 0 radical (unpaired) electrons. The van der Waals surface area contributed by atoms with Gasteiger partial charge in [-0.15, -0.1) is 12.4 Å². The first kappa shape index (κ1) is 14.1. The molecule has 1 saturated heterocycles. The average molecular weight is 286 g/mol. The number of urea groups is 1. The zero-order valence-corrected chi connectivity index (χ0v) is 11.3. The molecule has 2 N–H and O–H groups in total. The van der Waals surface area contributed by atoms with E-state index in [0.29, 0.717) is 12.2 Å². The van der Waals surface area contributed by atoms with E-state index in [1.165, 1.54) is 12.1 Å². The van der Waals surface area contributed by atoms with E-state index in [0.717, 1.165) is 31.5 Å². The number of rotatable bonds is 1. The number of fused-ring (bicyclic) bond motifs is 1. The fourth-order valence-electron chi connectivity index (χ4n) is 2.66. The van der Waals surface area contributed by atoms with Gasteiger partial charge in [-0.3, -0.25) is 0 Å².